The molecule has 0 aromatic heterocycles. The highest BCUT2D eigenvalue weighted by molar-refractivity contribution is 14.1. The summed E-state index contributed by atoms with van der Waals surface area (Å²) in [4.78, 5) is 48.2. The van der Waals surface area contributed by atoms with Gasteiger partial charge in [0.1, 0.15) is 11.5 Å². The first-order valence-corrected chi connectivity index (χ1v) is 36.5. The van der Waals surface area contributed by atoms with Crippen LogP contribution in [0.1, 0.15) is 114 Å². The molecular formula is C66H70F10I2N6O12S2. The lowest BCUT2D eigenvalue weighted by atomic mass is 9.95. The van der Waals surface area contributed by atoms with Gasteiger partial charge in [-0.25, -0.2) is 26.4 Å². The highest BCUT2D eigenvalue weighted by Gasteiger charge is 2.56. The van der Waals surface area contributed by atoms with Gasteiger partial charge in [-0.15, -0.1) is 0 Å². The number of carbonyl (C=O) groups is 4. The van der Waals surface area contributed by atoms with Gasteiger partial charge >= 0.3 is 24.3 Å². The van der Waals surface area contributed by atoms with Gasteiger partial charge in [0.05, 0.1) is 22.0 Å². The second kappa shape index (κ2) is 31.0. The van der Waals surface area contributed by atoms with E-state index in [9.17, 15) is 52.8 Å². The van der Waals surface area contributed by atoms with Crippen LogP contribution in [0.25, 0.3) is 21.5 Å². The quantitative estimate of drug-likeness (QED) is 0.0388. The number of benzene rings is 6. The summed E-state index contributed by atoms with van der Waals surface area (Å²) < 4.78 is 201. The number of piperidine rings is 2. The molecule has 12 rings (SSSR count). The number of fused-ring (bicyclic) bond motifs is 6. The summed E-state index contributed by atoms with van der Waals surface area (Å²) >= 11 is 4.01. The number of sulfonamides is 2. The van der Waals surface area contributed by atoms with E-state index in [4.69, 9.17) is 40.7 Å². The number of ether oxygens (including phenoxy) is 2. The minimum absolute atomic E-state index is 0.111. The third-order valence-corrected chi connectivity index (χ3v) is 22.4. The maximum atomic E-state index is 16.2. The summed E-state index contributed by atoms with van der Waals surface area (Å²) in [5.74, 6) is -13.6. The topological polar surface area (TPSA) is 278 Å². The molecule has 4 bridgehead atoms. The zero-order valence-corrected chi connectivity index (χ0v) is 58.0. The van der Waals surface area contributed by atoms with Crippen LogP contribution in [0, 0.1) is 7.14 Å². The lowest BCUT2D eigenvalue weighted by molar-refractivity contribution is -0.193. The van der Waals surface area contributed by atoms with Gasteiger partial charge in [0.15, 0.2) is 12.1 Å². The van der Waals surface area contributed by atoms with Crippen molar-refractivity contribution in [1.82, 2.24) is 19.2 Å². The number of carboxylic acid groups (broad SMARTS) is 2. The number of hydrogen-bond acceptors (Lipinski definition) is 12. The molecule has 4 unspecified atom stereocenters. The first-order valence-electron chi connectivity index (χ1n) is 31.4. The smallest absolute Gasteiger partial charge is 0.490 e. The lowest BCUT2D eigenvalue weighted by Gasteiger charge is -2.41. The van der Waals surface area contributed by atoms with Crippen LogP contribution in [0.3, 0.4) is 0 Å². The van der Waals surface area contributed by atoms with Crippen molar-refractivity contribution in [3.8, 4) is 11.5 Å². The second-order valence-corrected chi connectivity index (χ2v) is 31.0. The fourth-order valence-corrected chi connectivity index (χ4v) is 16.6. The Hall–Kier alpha value is -6.18. The third kappa shape index (κ3) is 18.5. The van der Waals surface area contributed by atoms with Crippen LogP contribution in [-0.4, -0.2) is 133 Å². The fraction of sp³-hybridized carbons (Fsp3) is 0.455. The van der Waals surface area contributed by atoms with Gasteiger partial charge in [-0.3, -0.25) is 9.59 Å². The average molecular weight is 1650 g/mol. The molecule has 32 heteroatoms. The Morgan fingerprint density at radius 2 is 0.724 bits per heavy atom. The Morgan fingerprint density at radius 3 is 1.01 bits per heavy atom. The first-order chi connectivity index (χ1) is 45.9. The molecule has 6 aromatic carbocycles. The molecule has 98 heavy (non-hydrogen) atoms. The molecule has 6 atom stereocenters. The predicted octanol–water partition coefficient (Wildman–Crippen LogP) is 12.6. The number of amides is 2. The van der Waals surface area contributed by atoms with Crippen molar-refractivity contribution < 1.29 is 99.6 Å². The monoisotopic (exact) mass is 1650 g/mol. The molecule has 6 aliphatic rings. The van der Waals surface area contributed by atoms with Crippen molar-refractivity contribution in [2.24, 2.45) is 11.5 Å². The van der Waals surface area contributed by atoms with Crippen molar-refractivity contribution in [2.45, 2.75) is 197 Å². The summed E-state index contributed by atoms with van der Waals surface area (Å²) in [6, 6.07) is 24.7. The van der Waals surface area contributed by atoms with Crippen molar-refractivity contribution >= 4 is 111 Å². The number of carboxylic acids is 2. The van der Waals surface area contributed by atoms with E-state index < -0.39 is 91.2 Å². The molecule has 0 spiro atoms. The molecular weight excluding hydrogens is 1580 g/mol. The summed E-state index contributed by atoms with van der Waals surface area (Å²) in [6.45, 7) is 0. The van der Waals surface area contributed by atoms with Crippen LogP contribution in [0.4, 0.5) is 43.9 Å². The molecule has 6 aromatic rings. The molecule has 4 saturated heterocycles. The van der Waals surface area contributed by atoms with E-state index in [-0.39, 0.29) is 58.2 Å². The third-order valence-electron chi connectivity index (χ3n) is 18.2. The lowest BCUT2D eigenvalue weighted by Crippen LogP contribution is -2.60. The van der Waals surface area contributed by atoms with Crippen LogP contribution in [0.2, 0.25) is 0 Å². The Kier molecular flexibility index (Phi) is 24.0. The van der Waals surface area contributed by atoms with Gasteiger partial charge in [0, 0.05) is 54.5 Å². The van der Waals surface area contributed by atoms with Crippen molar-refractivity contribution in [3.63, 3.8) is 0 Å². The predicted molar refractivity (Wildman–Crippen MR) is 357 cm³/mol. The van der Waals surface area contributed by atoms with Crippen molar-refractivity contribution in [3.05, 3.63) is 140 Å². The Morgan fingerprint density at radius 1 is 0.449 bits per heavy atom. The van der Waals surface area contributed by atoms with E-state index >= 15 is 17.6 Å². The maximum absolute atomic E-state index is 16.2. The van der Waals surface area contributed by atoms with E-state index in [1.165, 1.54) is 82.6 Å². The summed E-state index contributed by atoms with van der Waals surface area (Å²) in [6.07, 6.45) is 3.51. The maximum Gasteiger partial charge on any atom is 0.490 e. The zero-order chi connectivity index (χ0) is 71.5. The molecule has 2 saturated carbocycles. The van der Waals surface area contributed by atoms with Crippen LogP contribution in [-0.2, 0) is 51.1 Å². The zero-order valence-electron chi connectivity index (χ0n) is 52.0. The average Bonchev–Trinajstić information content (AvgIpc) is 1.68. The second-order valence-electron chi connectivity index (χ2n) is 25.1. The van der Waals surface area contributed by atoms with E-state index in [1.54, 1.807) is 36.4 Å². The number of nitrogens with zero attached hydrogens (tertiary/aromatic N) is 2. The first kappa shape index (κ1) is 76.0. The van der Waals surface area contributed by atoms with Crippen LogP contribution < -0.4 is 30.4 Å². The SMILES string of the molecule is NC1CC2CCC(C1)N2C(=O)[C@@H](NS(=O)(=O)c1ccc2cc(OC3CCCC3)ccc2c1)C(F)(F)c1ccc(I)cc1.NC1CC2CCC(C1)N2C(=O)[C@H](NS(=O)(=O)c1ccc2cc(OC3CCCC3)ccc2c1)C(F)(F)c1ccc(I)cc1.O=C(O)C(F)(F)F.O=C(O)C(F)(F)F. The van der Waals surface area contributed by atoms with Crippen LogP contribution in [0.5, 0.6) is 11.5 Å². The number of nitrogens with one attached hydrogen (secondary N) is 2. The Balaban J connectivity index is 0.000000192. The van der Waals surface area contributed by atoms with Gasteiger partial charge in [0.25, 0.3) is 11.8 Å². The van der Waals surface area contributed by atoms with Gasteiger partial charge in [-0.1, -0.05) is 48.5 Å². The van der Waals surface area contributed by atoms with E-state index in [1.807, 2.05) is 57.3 Å². The number of aliphatic carboxylic acids is 2. The van der Waals surface area contributed by atoms with Crippen LogP contribution >= 0.6 is 45.2 Å². The summed E-state index contributed by atoms with van der Waals surface area (Å²) in [5, 5.41) is 17.0. The molecule has 4 aliphatic heterocycles. The normalized spacial score (nSPS) is 22.0. The molecule has 8 N–H and O–H groups in total. The van der Waals surface area contributed by atoms with Crippen LogP contribution in [0.15, 0.2) is 131 Å². The summed E-state index contributed by atoms with van der Waals surface area (Å²) in [7, 11) is -9.05. The number of carbonyl (C=O) groups excluding carboxylic acids is 2. The molecule has 18 nitrogen and oxygen atoms in total. The number of halogens is 12. The standard InChI is InChI=1S/2C31H34F2IN3O4S.2C2HF3O2/c2*32-31(33,21-7-9-22(34)10-8-21)29(30(38)37-24-11-12-25(37)18-23(35)17-24)36-42(39,40)28-14-6-19-15-27(13-5-20(19)16-28)41-26-3-1-2-4-26;2*3-2(4,5)1(6)7/h2*5-10,13-16,23-26,29,36H,1-4,11-12,17-18,35H2;2*(H,6,7)/t2*23?,24?,25?,29-;;/m10../s1. The molecule has 0 radical (unpaired) electrons. The van der Waals surface area contributed by atoms with E-state index in [2.05, 4.69) is 9.44 Å². The van der Waals surface area contributed by atoms with E-state index in [0.717, 1.165) is 69.3 Å². The fourth-order valence-electron chi connectivity index (χ4n) is 13.4. The van der Waals surface area contributed by atoms with Crippen molar-refractivity contribution in [1.29, 1.82) is 0 Å². The molecule has 2 amide bonds. The highest BCUT2D eigenvalue weighted by atomic mass is 127. The number of alkyl halides is 10. The number of rotatable bonds is 16. The van der Waals surface area contributed by atoms with Gasteiger partial charge in [-0.2, -0.15) is 53.3 Å². The van der Waals surface area contributed by atoms with E-state index in [0.29, 0.717) is 73.6 Å². The summed E-state index contributed by atoms with van der Waals surface area (Å²) in [5.41, 5.74) is 11.4. The minimum Gasteiger partial charge on any atom is -0.490 e. The highest BCUT2D eigenvalue weighted by Crippen LogP contribution is 2.43. The van der Waals surface area contributed by atoms with Gasteiger partial charge < -0.3 is 41.0 Å². The van der Waals surface area contributed by atoms with Gasteiger partial charge in [-0.05, 0) is 242 Å². The molecule has 4 heterocycles. The number of nitrogens with two attached hydrogens (primary N) is 2. The molecule has 6 fully saturated rings. The molecule has 532 valence electrons. The number of hydrogen-bond donors (Lipinski definition) is 6. The largest absolute Gasteiger partial charge is 0.490 e. The Bertz CT molecular complexity index is 3810. The Labute approximate surface area is 585 Å². The van der Waals surface area contributed by atoms with Crippen molar-refractivity contribution in [2.75, 3.05) is 0 Å². The minimum atomic E-state index is -5.08. The van der Waals surface area contributed by atoms with Gasteiger partial charge in [0.2, 0.25) is 31.9 Å². The molecule has 2 aliphatic carbocycles.